The Labute approximate surface area is 105 Å². The molecule has 0 radical (unpaired) electrons. The molecule has 0 aliphatic rings. The van der Waals surface area contributed by atoms with E-state index in [1.165, 1.54) is 18.2 Å². The molecule has 0 heterocycles. The highest BCUT2D eigenvalue weighted by molar-refractivity contribution is 9.10. The fraction of sp³-hybridized carbons (Fsp3) is 0.364. The van der Waals surface area contributed by atoms with Crippen LogP contribution in [0.5, 0.6) is 5.75 Å². The van der Waals surface area contributed by atoms with Crippen LogP contribution in [0.3, 0.4) is 0 Å². The quantitative estimate of drug-likeness (QED) is 0.786. The summed E-state index contributed by atoms with van der Waals surface area (Å²) in [6.07, 6.45) is -5.93. The van der Waals surface area contributed by atoms with Gasteiger partial charge in [0.25, 0.3) is 0 Å². The Morgan fingerprint density at radius 2 is 2.06 bits per heavy atom. The van der Waals surface area contributed by atoms with Crippen LogP contribution in [0.15, 0.2) is 22.7 Å². The number of alkyl halides is 3. The van der Waals surface area contributed by atoms with Gasteiger partial charge in [0.15, 0.2) is 5.78 Å². The van der Waals surface area contributed by atoms with Crippen molar-refractivity contribution in [3.05, 3.63) is 28.2 Å². The van der Waals surface area contributed by atoms with E-state index in [4.69, 9.17) is 4.74 Å². The van der Waals surface area contributed by atoms with Gasteiger partial charge in [-0.2, -0.15) is 13.2 Å². The van der Waals surface area contributed by atoms with Gasteiger partial charge in [-0.1, -0.05) is 0 Å². The molecule has 0 bridgehead atoms. The molecule has 0 aliphatic heterocycles. The fourth-order valence-corrected chi connectivity index (χ4v) is 1.72. The van der Waals surface area contributed by atoms with Crippen LogP contribution in [0.1, 0.15) is 23.7 Å². The van der Waals surface area contributed by atoms with Gasteiger partial charge in [0.05, 0.1) is 11.1 Å². The largest absolute Gasteiger partial charge is 0.493 e. The number of rotatable bonds is 4. The van der Waals surface area contributed by atoms with Crippen molar-refractivity contribution in [1.29, 1.82) is 0 Å². The molecule has 1 aromatic rings. The summed E-state index contributed by atoms with van der Waals surface area (Å²) in [6, 6.07) is 4.13. The second-order valence-corrected chi connectivity index (χ2v) is 4.15. The van der Waals surface area contributed by atoms with Crippen LogP contribution in [-0.4, -0.2) is 18.6 Å². The van der Waals surface area contributed by atoms with E-state index < -0.39 is 18.4 Å². The zero-order valence-corrected chi connectivity index (χ0v) is 10.6. The number of hydrogen-bond donors (Lipinski definition) is 0. The van der Waals surface area contributed by atoms with Gasteiger partial charge in [0.1, 0.15) is 12.2 Å². The van der Waals surface area contributed by atoms with Gasteiger partial charge in [-0.05, 0) is 41.1 Å². The minimum Gasteiger partial charge on any atom is -0.493 e. The highest BCUT2D eigenvalue weighted by Gasteiger charge is 2.31. The van der Waals surface area contributed by atoms with E-state index in [-0.39, 0.29) is 5.56 Å². The van der Waals surface area contributed by atoms with E-state index in [0.29, 0.717) is 16.8 Å². The van der Waals surface area contributed by atoms with Crippen molar-refractivity contribution < 1.29 is 22.7 Å². The smallest absolute Gasteiger partial charge is 0.396 e. The molecule has 2 nitrogen and oxygen atoms in total. The Morgan fingerprint density at radius 3 is 2.53 bits per heavy atom. The van der Waals surface area contributed by atoms with E-state index in [9.17, 15) is 18.0 Å². The van der Waals surface area contributed by atoms with Crippen molar-refractivity contribution in [3.63, 3.8) is 0 Å². The Hall–Kier alpha value is -1.04. The number of Topliss-reactive ketones (excluding diaryl/α,β-unsaturated/α-hetero) is 1. The van der Waals surface area contributed by atoms with Crippen LogP contribution >= 0.6 is 15.9 Å². The first-order chi connectivity index (χ1) is 7.83. The summed E-state index contributed by atoms with van der Waals surface area (Å²) >= 11 is 3.14. The molecular weight excluding hydrogens is 301 g/mol. The van der Waals surface area contributed by atoms with Crippen LogP contribution in [0.25, 0.3) is 0 Å². The minimum atomic E-state index is -4.48. The third kappa shape index (κ3) is 4.38. The van der Waals surface area contributed by atoms with Gasteiger partial charge >= 0.3 is 6.18 Å². The average molecular weight is 311 g/mol. The average Bonchev–Trinajstić information content (AvgIpc) is 2.18. The number of carbonyl (C=O) groups excluding carboxylic acids is 1. The third-order valence-electron chi connectivity index (χ3n) is 1.91. The topological polar surface area (TPSA) is 26.3 Å². The molecule has 0 amide bonds. The maximum Gasteiger partial charge on any atom is 0.396 e. The predicted molar refractivity (Wildman–Crippen MR) is 60.3 cm³/mol. The zero-order chi connectivity index (χ0) is 13.1. The van der Waals surface area contributed by atoms with Crippen LogP contribution in [0.2, 0.25) is 0 Å². The lowest BCUT2D eigenvalue weighted by molar-refractivity contribution is -0.125. The Morgan fingerprint density at radius 1 is 1.41 bits per heavy atom. The van der Waals surface area contributed by atoms with E-state index in [2.05, 4.69) is 15.9 Å². The first-order valence-corrected chi connectivity index (χ1v) is 5.65. The van der Waals surface area contributed by atoms with Gasteiger partial charge in [-0.15, -0.1) is 0 Å². The molecule has 94 valence electrons. The number of benzene rings is 1. The molecule has 17 heavy (non-hydrogen) atoms. The number of ether oxygens (including phenoxy) is 1. The van der Waals surface area contributed by atoms with Gasteiger partial charge in [-0.3, -0.25) is 4.79 Å². The summed E-state index contributed by atoms with van der Waals surface area (Å²) in [5, 5.41) is 0. The molecule has 1 aromatic carbocycles. The molecule has 0 aromatic heterocycles. The van der Waals surface area contributed by atoms with Crippen molar-refractivity contribution in [1.82, 2.24) is 0 Å². The predicted octanol–water partition coefficient (Wildman–Crippen LogP) is 3.98. The summed E-state index contributed by atoms with van der Waals surface area (Å²) < 4.78 is 41.8. The molecule has 0 unspecified atom stereocenters. The maximum atomic E-state index is 12.0. The van der Waals surface area contributed by atoms with Crippen molar-refractivity contribution in [2.24, 2.45) is 0 Å². The van der Waals surface area contributed by atoms with E-state index in [1.807, 2.05) is 0 Å². The Balaban J connectivity index is 2.86. The summed E-state index contributed by atoms with van der Waals surface area (Å²) in [4.78, 5) is 11.3. The molecular formula is C11H10BrF3O2. The molecule has 6 heteroatoms. The monoisotopic (exact) mass is 310 g/mol. The molecule has 0 atom stereocenters. The number of ketones is 1. The van der Waals surface area contributed by atoms with Crippen molar-refractivity contribution in [2.45, 2.75) is 19.5 Å². The summed E-state index contributed by atoms with van der Waals surface area (Å²) in [6.45, 7) is 2.23. The SMILES string of the molecule is CCOc1ccc(C(=O)CC(F)(F)F)cc1Br. The second kappa shape index (κ2) is 5.53. The van der Waals surface area contributed by atoms with Crippen LogP contribution in [0.4, 0.5) is 13.2 Å². The van der Waals surface area contributed by atoms with Crippen molar-refractivity contribution >= 4 is 21.7 Å². The molecule has 0 saturated heterocycles. The Bertz CT molecular complexity index is 416. The molecule has 0 spiro atoms. The fourth-order valence-electron chi connectivity index (χ4n) is 1.23. The zero-order valence-electron chi connectivity index (χ0n) is 8.97. The standard InChI is InChI=1S/C11H10BrF3O2/c1-2-17-10-4-3-7(5-8(10)12)9(16)6-11(13,14)15/h3-5H,2,6H2,1H3. The highest BCUT2D eigenvalue weighted by atomic mass is 79.9. The van der Waals surface area contributed by atoms with Gasteiger partial charge in [0.2, 0.25) is 0 Å². The molecule has 1 rings (SSSR count). The van der Waals surface area contributed by atoms with E-state index >= 15 is 0 Å². The lowest BCUT2D eigenvalue weighted by Gasteiger charge is -2.08. The van der Waals surface area contributed by atoms with Crippen LogP contribution < -0.4 is 4.74 Å². The third-order valence-corrected chi connectivity index (χ3v) is 2.53. The minimum absolute atomic E-state index is 0.0117. The Kier molecular flexibility index (Phi) is 4.56. The molecule has 0 aliphatic carbocycles. The summed E-state index contributed by atoms with van der Waals surface area (Å²) in [5.41, 5.74) is 0.0117. The molecule has 0 fully saturated rings. The number of hydrogen-bond acceptors (Lipinski definition) is 2. The maximum absolute atomic E-state index is 12.0. The second-order valence-electron chi connectivity index (χ2n) is 3.29. The van der Waals surface area contributed by atoms with Crippen LogP contribution in [0, 0.1) is 0 Å². The van der Waals surface area contributed by atoms with Crippen molar-refractivity contribution in [3.8, 4) is 5.75 Å². The van der Waals surface area contributed by atoms with E-state index in [0.717, 1.165) is 0 Å². The lowest BCUT2D eigenvalue weighted by atomic mass is 10.1. The van der Waals surface area contributed by atoms with Gasteiger partial charge in [-0.25, -0.2) is 0 Å². The summed E-state index contributed by atoms with van der Waals surface area (Å²) in [5.74, 6) is -0.461. The molecule has 0 saturated carbocycles. The van der Waals surface area contributed by atoms with Gasteiger partial charge in [0, 0.05) is 5.56 Å². The molecule has 0 N–H and O–H groups in total. The first kappa shape index (κ1) is 14.0. The lowest BCUT2D eigenvalue weighted by Crippen LogP contribution is -2.15. The van der Waals surface area contributed by atoms with Gasteiger partial charge < -0.3 is 4.74 Å². The highest BCUT2D eigenvalue weighted by Crippen LogP contribution is 2.28. The number of carbonyl (C=O) groups is 1. The van der Waals surface area contributed by atoms with Crippen LogP contribution in [-0.2, 0) is 0 Å². The normalized spacial score (nSPS) is 11.4. The first-order valence-electron chi connectivity index (χ1n) is 4.86. The van der Waals surface area contributed by atoms with E-state index in [1.54, 1.807) is 6.92 Å². The number of halogens is 4. The summed E-state index contributed by atoms with van der Waals surface area (Å²) in [7, 11) is 0. The van der Waals surface area contributed by atoms with Crippen molar-refractivity contribution in [2.75, 3.05) is 6.61 Å².